The molecule has 2 aromatic carbocycles. The van der Waals surface area contributed by atoms with Gasteiger partial charge in [0.05, 0.1) is 17.2 Å². The van der Waals surface area contributed by atoms with Gasteiger partial charge < -0.3 is 15.6 Å². The number of fused-ring (bicyclic) bond motifs is 1. The molecule has 1 aliphatic rings. The first-order valence-corrected chi connectivity index (χ1v) is 8.10. The molecule has 0 aliphatic carbocycles. The van der Waals surface area contributed by atoms with Crippen LogP contribution in [0.4, 0.5) is 0 Å². The third-order valence-corrected chi connectivity index (χ3v) is 4.48. The molecule has 0 radical (unpaired) electrons. The molecule has 0 bridgehead atoms. The number of aryl methyl sites for hydroxylation is 1. The van der Waals surface area contributed by atoms with E-state index in [4.69, 9.17) is 10.5 Å². The van der Waals surface area contributed by atoms with E-state index in [1.807, 2.05) is 37.3 Å². The SMILES string of the molecule is Cc1ccc(-c2[nH]nc3c2C(c2cccc(O)c2)C(C#N)=C(N)O3)cc1. The summed E-state index contributed by atoms with van der Waals surface area (Å²) in [6.07, 6.45) is 0. The van der Waals surface area contributed by atoms with E-state index in [1.165, 1.54) is 0 Å². The lowest BCUT2D eigenvalue weighted by atomic mass is 9.83. The normalized spacial score (nSPS) is 15.9. The van der Waals surface area contributed by atoms with Crippen LogP contribution < -0.4 is 10.5 Å². The van der Waals surface area contributed by atoms with Gasteiger partial charge in [-0.2, -0.15) is 5.26 Å². The van der Waals surface area contributed by atoms with Crippen molar-refractivity contribution in [2.75, 3.05) is 0 Å². The number of H-pyrrole nitrogens is 1. The summed E-state index contributed by atoms with van der Waals surface area (Å²) in [4.78, 5) is 0. The molecule has 0 saturated heterocycles. The summed E-state index contributed by atoms with van der Waals surface area (Å²) < 4.78 is 5.57. The maximum absolute atomic E-state index is 9.90. The standard InChI is InChI=1S/C20H16N4O2/c1-11-5-7-12(8-6-11)18-17-16(13-3-2-4-14(25)9-13)15(10-21)19(22)26-20(17)24-23-18/h2-9,16,25H,22H2,1H3,(H,23,24). The summed E-state index contributed by atoms with van der Waals surface area (Å²) in [5.41, 5.74) is 10.5. The van der Waals surface area contributed by atoms with Gasteiger partial charge in [-0.3, -0.25) is 5.10 Å². The van der Waals surface area contributed by atoms with Crippen molar-refractivity contribution in [2.45, 2.75) is 12.8 Å². The Kier molecular flexibility index (Phi) is 3.63. The van der Waals surface area contributed by atoms with Crippen LogP contribution in [0.3, 0.4) is 0 Å². The van der Waals surface area contributed by atoms with Crippen LogP contribution in [-0.4, -0.2) is 15.3 Å². The van der Waals surface area contributed by atoms with Crippen molar-refractivity contribution in [1.29, 1.82) is 5.26 Å². The van der Waals surface area contributed by atoms with Gasteiger partial charge in [0.1, 0.15) is 17.4 Å². The van der Waals surface area contributed by atoms with Crippen LogP contribution in [0.2, 0.25) is 0 Å². The second-order valence-electron chi connectivity index (χ2n) is 6.20. The van der Waals surface area contributed by atoms with Gasteiger partial charge in [0.15, 0.2) is 0 Å². The van der Waals surface area contributed by atoms with Crippen LogP contribution in [0.1, 0.15) is 22.6 Å². The Labute approximate surface area is 150 Å². The van der Waals surface area contributed by atoms with Crippen molar-refractivity contribution in [1.82, 2.24) is 10.2 Å². The molecule has 0 fully saturated rings. The van der Waals surface area contributed by atoms with Gasteiger partial charge in [-0.05, 0) is 24.6 Å². The number of benzene rings is 2. The third-order valence-electron chi connectivity index (χ3n) is 4.48. The topological polar surface area (TPSA) is 108 Å². The Bertz CT molecular complexity index is 1060. The van der Waals surface area contributed by atoms with Gasteiger partial charge in [-0.25, -0.2) is 0 Å². The number of rotatable bonds is 2. The first kappa shape index (κ1) is 15.8. The number of aromatic hydroxyl groups is 1. The van der Waals surface area contributed by atoms with Crippen molar-refractivity contribution in [3.63, 3.8) is 0 Å². The van der Waals surface area contributed by atoms with Crippen molar-refractivity contribution in [2.24, 2.45) is 5.73 Å². The summed E-state index contributed by atoms with van der Waals surface area (Å²) in [5, 5.41) is 26.8. The molecule has 1 aromatic heterocycles. The zero-order valence-electron chi connectivity index (χ0n) is 14.0. The number of allylic oxidation sites excluding steroid dienone is 1. The molecular formula is C20H16N4O2. The van der Waals surface area contributed by atoms with Crippen LogP contribution in [-0.2, 0) is 0 Å². The highest BCUT2D eigenvalue weighted by Crippen LogP contribution is 2.45. The van der Waals surface area contributed by atoms with Crippen molar-refractivity contribution in [3.8, 4) is 29.0 Å². The Morgan fingerprint density at radius 1 is 1.23 bits per heavy atom. The zero-order valence-corrected chi connectivity index (χ0v) is 14.0. The van der Waals surface area contributed by atoms with Crippen LogP contribution >= 0.6 is 0 Å². The Hall–Kier alpha value is -3.72. The largest absolute Gasteiger partial charge is 0.508 e. The molecule has 2 heterocycles. The van der Waals surface area contributed by atoms with Gasteiger partial charge in [0.2, 0.25) is 11.8 Å². The minimum absolute atomic E-state index is 0.0234. The summed E-state index contributed by atoms with van der Waals surface area (Å²) in [7, 11) is 0. The van der Waals surface area contributed by atoms with Crippen molar-refractivity contribution >= 4 is 0 Å². The number of nitrogens with two attached hydrogens (primary N) is 1. The fourth-order valence-electron chi connectivity index (χ4n) is 3.22. The predicted molar refractivity (Wildman–Crippen MR) is 96.2 cm³/mol. The highest BCUT2D eigenvalue weighted by molar-refractivity contribution is 5.71. The highest BCUT2D eigenvalue weighted by atomic mass is 16.5. The molecule has 6 nitrogen and oxygen atoms in total. The number of nitrogens with zero attached hydrogens (tertiary/aromatic N) is 2. The second kappa shape index (κ2) is 5.97. The molecule has 0 amide bonds. The monoisotopic (exact) mass is 344 g/mol. The van der Waals surface area contributed by atoms with E-state index in [2.05, 4.69) is 16.3 Å². The molecule has 4 N–H and O–H groups in total. The Morgan fingerprint density at radius 2 is 2.00 bits per heavy atom. The van der Waals surface area contributed by atoms with Crippen molar-refractivity contribution < 1.29 is 9.84 Å². The van der Waals surface area contributed by atoms with Crippen LogP contribution in [0.5, 0.6) is 11.6 Å². The van der Waals surface area contributed by atoms with E-state index < -0.39 is 5.92 Å². The number of aromatic nitrogens is 2. The maximum atomic E-state index is 9.90. The molecular weight excluding hydrogens is 328 g/mol. The number of nitriles is 1. The molecule has 0 spiro atoms. The number of aromatic amines is 1. The third kappa shape index (κ3) is 2.47. The fraction of sp³-hybridized carbons (Fsp3) is 0.100. The van der Waals surface area contributed by atoms with E-state index in [9.17, 15) is 10.4 Å². The van der Waals surface area contributed by atoms with Crippen LogP contribution in [0, 0.1) is 18.3 Å². The number of hydrogen-bond acceptors (Lipinski definition) is 5. The van der Waals surface area contributed by atoms with Gasteiger partial charge >= 0.3 is 0 Å². The van der Waals surface area contributed by atoms with Gasteiger partial charge in [0, 0.05) is 5.56 Å². The molecule has 128 valence electrons. The number of ether oxygens (including phenoxy) is 1. The molecule has 4 rings (SSSR count). The molecule has 0 saturated carbocycles. The molecule has 1 atom stereocenters. The summed E-state index contributed by atoms with van der Waals surface area (Å²) in [5.74, 6) is -0.00148. The second-order valence-corrected chi connectivity index (χ2v) is 6.20. The van der Waals surface area contributed by atoms with E-state index in [0.717, 1.165) is 27.9 Å². The Morgan fingerprint density at radius 3 is 2.69 bits per heavy atom. The van der Waals surface area contributed by atoms with E-state index in [0.29, 0.717) is 5.88 Å². The lowest BCUT2D eigenvalue weighted by Crippen LogP contribution is -2.20. The highest BCUT2D eigenvalue weighted by Gasteiger charge is 2.35. The van der Waals surface area contributed by atoms with Gasteiger partial charge in [0.25, 0.3) is 0 Å². The first-order valence-electron chi connectivity index (χ1n) is 8.10. The minimum atomic E-state index is -0.481. The number of hydrogen-bond donors (Lipinski definition) is 3. The minimum Gasteiger partial charge on any atom is -0.508 e. The van der Waals surface area contributed by atoms with Gasteiger partial charge in [-0.15, -0.1) is 5.10 Å². The lowest BCUT2D eigenvalue weighted by molar-refractivity contribution is 0.378. The van der Waals surface area contributed by atoms with Crippen LogP contribution in [0.25, 0.3) is 11.3 Å². The molecule has 3 aromatic rings. The quantitative estimate of drug-likeness (QED) is 0.661. The predicted octanol–water partition coefficient (Wildman–Crippen LogP) is 3.31. The average Bonchev–Trinajstić information content (AvgIpc) is 3.04. The Balaban J connectivity index is 1.95. The first-order chi connectivity index (χ1) is 12.6. The van der Waals surface area contributed by atoms with E-state index in [1.54, 1.807) is 18.2 Å². The zero-order chi connectivity index (χ0) is 18.3. The molecule has 6 heteroatoms. The molecule has 1 unspecified atom stereocenters. The van der Waals surface area contributed by atoms with Gasteiger partial charge in [-0.1, -0.05) is 42.0 Å². The molecule has 1 aliphatic heterocycles. The summed E-state index contributed by atoms with van der Waals surface area (Å²) in [6.45, 7) is 2.02. The molecule has 26 heavy (non-hydrogen) atoms. The van der Waals surface area contributed by atoms with Crippen LogP contribution in [0.15, 0.2) is 60.0 Å². The average molecular weight is 344 g/mol. The lowest BCUT2D eigenvalue weighted by Gasteiger charge is -2.24. The smallest absolute Gasteiger partial charge is 0.244 e. The number of phenolic OH excluding ortho intramolecular Hbond substituents is 1. The summed E-state index contributed by atoms with van der Waals surface area (Å²) >= 11 is 0. The number of nitrogens with one attached hydrogen (secondary N) is 1. The van der Waals surface area contributed by atoms with E-state index >= 15 is 0 Å². The van der Waals surface area contributed by atoms with Crippen molar-refractivity contribution in [3.05, 3.63) is 76.7 Å². The fourth-order valence-corrected chi connectivity index (χ4v) is 3.22. The van der Waals surface area contributed by atoms with E-state index in [-0.39, 0.29) is 17.2 Å². The maximum Gasteiger partial charge on any atom is 0.244 e. The summed E-state index contributed by atoms with van der Waals surface area (Å²) in [6, 6.07) is 16.9. The number of phenols is 1.